The molecule has 1 amide bonds. The predicted octanol–water partition coefficient (Wildman–Crippen LogP) is 2.13. The zero-order valence-corrected chi connectivity index (χ0v) is 13.5. The molecule has 0 radical (unpaired) electrons. The fraction of sp³-hybridized carbons (Fsp3) is 0.412. The third kappa shape index (κ3) is 3.83. The van der Waals surface area contributed by atoms with Crippen molar-refractivity contribution >= 4 is 11.7 Å². The SMILES string of the molecule is CC(=O)N1CCC(CNc2cc(C)nc(-c3ccccn3)n2)C1. The lowest BCUT2D eigenvalue weighted by atomic mass is 10.1. The molecule has 3 heterocycles. The summed E-state index contributed by atoms with van der Waals surface area (Å²) in [6, 6.07) is 7.64. The molecule has 0 aliphatic carbocycles. The quantitative estimate of drug-likeness (QED) is 0.936. The number of carbonyl (C=O) groups excluding carboxylic acids is 1. The van der Waals surface area contributed by atoms with Crippen molar-refractivity contribution in [1.29, 1.82) is 0 Å². The molecule has 1 saturated heterocycles. The van der Waals surface area contributed by atoms with Gasteiger partial charge in [-0.25, -0.2) is 9.97 Å². The summed E-state index contributed by atoms with van der Waals surface area (Å²) in [5, 5.41) is 3.38. The van der Waals surface area contributed by atoms with Crippen molar-refractivity contribution in [1.82, 2.24) is 19.9 Å². The van der Waals surface area contributed by atoms with Gasteiger partial charge in [-0.3, -0.25) is 9.78 Å². The number of anilines is 1. The van der Waals surface area contributed by atoms with Crippen LogP contribution in [0.1, 0.15) is 19.0 Å². The first-order valence-electron chi connectivity index (χ1n) is 7.88. The van der Waals surface area contributed by atoms with Gasteiger partial charge in [0.2, 0.25) is 5.91 Å². The Morgan fingerprint density at radius 1 is 1.39 bits per heavy atom. The Hall–Kier alpha value is -2.50. The third-order valence-electron chi connectivity index (χ3n) is 4.05. The maximum absolute atomic E-state index is 11.4. The van der Waals surface area contributed by atoms with Gasteiger partial charge >= 0.3 is 0 Å². The molecule has 120 valence electrons. The molecule has 1 aliphatic heterocycles. The molecule has 6 nitrogen and oxygen atoms in total. The van der Waals surface area contributed by atoms with Gasteiger partial charge in [-0.05, 0) is 31.4 Å². The molecule has 6 heteroatoms. The molecule has 0 saturated carbocycles. The molecule has 3 rings (SSSR count). The summed E-state index contributed by atoms with van der Waals surface area (Å²) in [7, 11) is 0. The van der Waals surface area contributed by atoms with Gasteiger partial charge in [-0.1, -0.05) is 6.07 Å². The highest BCUT2D eigenvalue weighted by Gasteiger charge is 2.23. The molecule has 1 fully saturated rings. The topological polar surface area (TPSA) is 71.0 Å². The minimum absolute atomic E-state index is 0.155. The second-order valence-corrected chi connectivity index (χ2v) is 5.93. The highest BCUT2D eigenvalue weighted by Crippen LogP contribution is 2.19. The van der Waals surface area contributed by atoms with Crippen LogP contribution in [0.2, 0.25) is 0 Å². The zero-order valence-electron chi connectivity index (χ0n) is 13.5. The zero-order chi connectivity index (χ0) is 16.2. The number of hydrogen-bond acceptors (Lipinski definition) is 5. The van der Waals surface area contributed by atoms with E-state index < -0.39 is 0 Å². The number of pyridine rings is 1. The van der Waals surface area contributed by atoms with Gasteiger partial charge in [-0.2, -0.15) is 0 Å². The standard InChI is InChI=1S/C17H21N5O/c1-12-9-16(19-10-14-6-8-22(11-14)13(2)23)21-17(20-12)15-5-3-4-7-18-15/h3-5,7,9,14H,6,8,10-11H2,1-2H3,(H,19,20,21). The second-order valence-electron chi connectivity index (χ2n) is 5.93. The van der Waals surface area contributed by atoms with Gasteiger partial charge in [0.1, 0.15) is 11.5 Å². The van der Waals surface area contributed by atoms with Crippen molar-refractivity contribution < 1.29 is 4.79 Å². The van der Waals surface area contributed by atoms with E-state index in [0.29, 0.717) is 11.7 Å². The van der Waals surface area contributed by atoms with E-state index in [9.17, 15) is 4.79 Å². The number of rotatable bonds is 4. The second kappa shape index (κ2) is 6.73. The lowest BCUT2D eigenvalue weighted by molar-refractivity contribution is -0.127. The molecule has 1 aliphatic rings. The van der Waals surface area contributed by atoms with Crippen LogP contribution in [-0.4, -0.2) is 45.4 Å². The number of aromatic nitrogens is 3. The van der Waals surface area contributed by atoms with Gasteiger partial charge < -0.3 is 10.2 Å². The van der Waals surface area contributed by atoms with Crippen LogP contribution in [0.5, 0.6) is 0 Å². The number of aryl methyl sites for hydroxylation is 1. The summed E-state index contributed by atoms with van der Waals surface area (Å²) >= 11 is 0. The van der Waals surface area contributed by atoms with Gasteiger partial charge in [0, 0.05) is 44.5 Å². The molecule has 0 aromatic carbocycles. The van der Waals surface area contributed by atoms with Gasteiger partial charge in [-0.15, -0.1) is 0 Å². The lowest BCUT2D eigenvalue weighted by Gasteiger charge is -2.15. The number of nitrogens with one attached hydrogen (secondary N) is 1. The number of nitrogens with zero attached hydrogens (tertiary/aromatic N) is 4. The van der Waals surface area contributed by atoms with E-state index in [1.54, 1.807) is 13.1 Å². The summed E-state index contributed by atoms with van der Waals surface area (Å²) in [4.78, 5) is 26.6. The molecule has 1 atom stereocenters. The number of carbonyl (C=O) groups is 1. The van der Waals surface area contributed by atoms with Crippen LogP contribution in [0.15, 0.2) is 30.5 Å². The van der Waals surface area contributed by atoms with Crippen LogP contribution >= 0.6 is 0 Å². The van der Waals surface area contributed by atoms with Crippen molar-refractivity contribution in [3.63, 3.8) is 0 Å². The fourth-order valence-electron chi connectivity index (χ4n) is 2.80. The maximum Gasteiger partial charge on any atom is 0.219 e. The van der Waals surface area contributed by atoms with Crippen molar-refractivity contribution in [3.05, 3.63) is 36.2 Å². The molecule has 1 unspecified atom stereocenters. The Kier molecular flexibility index (Phi) is 4.50. The fourth-order valence-corrected chi connectivity index (χ4v) is 2.80. The molecular formula is C17H21N5O. The molecule has 2 aromatic heterocycles. The summed E-state index contributed by atoms with van der Waals surface area (Å²) in [5.74, 6) is 2.06. The van der Waals surface area contributed by atoms with Crippen molar-refractivity contribution in [2.75, 3.05) is 25.0 Å². The average molecular weight is 311 g/mol. The number of amides is 1. The Balaban J connectivity index is 1.67. The van der Waals surface area contributed by atoms with E-state index in [4.69, 9.17) is 0 Å². The van der Waals surface area contributed by atoms with Crippen molar-refractivity contribution in [3.8, 4) is 11.5 Å². The molecule has 0 bridgehead atoms. The van der Waals surface area contributed by atoms with E-state index in [1.165, 1.54) is 0 Å². The Bertz CT molecular complexity index is 689. The largest absolute Gasteiger partial charge is 0.370 e. The molecule has 2 aromatic rings. The van der Waals surface area contributed by atoms with Gasteiger partial charge in [0.05, 0.1) is 0 Å². The van der Waals surface area contributed by atoms with Crippen LogP contribution in [0.25, 0.3) is 11.5 Å². The Labute approximate surface area is 136 Å². The number of hydrogen-bond donors (Lipinski definition) is 1. The Morgan fingerprint density at radius 3 is 2.96 bits per heavy atom. The minimum Gasteiger partial charge on any atom is -0.370 e. The maximum atomic E-state index is 11.4. The van der Waals surface area contributed by atoms with E-state index in [0.717, 1.165) is 43.3 Å². The summed E-state index contributed by atoms with van der Waals surface area (Å²) in [6.07, 6.45) is 2.77. The van der Waals surface area contributed by atoms with Gasteiger partial charge in [0.25, 0.3) is 0 Å². The van der Waals surface area contributed by atoms with E-state index >= 15 is 0 Å². The third-order valence-corrected chi connectivity index (χ3v) is 4.05. The van der Waals surface area contributed by atoms with Crippen LogP contribution < -0.4 is 5.32 Å². The highest BCUT2D eigenvalue weighted by molar-refractivity contribution is 5.73. The molecule has 23 heavy (non-hydrogen) atoms. The first-order chi connectivity index (χ1) is 11.1. The van der Waals surface area contributed by atoms with Gasteiger partial charge in [0.15, 0.2) is 5.82 Å². The first kappa shape index (κ1) is 15.4. The first-order valence-corrected chi connectivity index (χ1v) is 7.88. The van der Waals surface area contributed by atoms with E-state index in [1.807, 2.05) is 36.1 Å². The monoisotopic (exact) mass is 311 g/mol. The Morgan fingerprint density at radius 2 is 2.26 bits per heavy atom. The summed E-state index contributed by atoms with van der Waals surface area (Å²) < 4.78 is 0. The van der Waals surface area contributed by atoms with E-state index in [-0.39, 0.29) is 5.91 Å². The van der Waals surface area contributed by atoms with E-state index in [2.05, 4.69) is 20.3 Å². The minimum atomic E-state index is 0.155. The van der Waals surface area contributed by atoms with Crippen molar-refractivity contribution in [2.45, 2.75) is 20.3 Å². The highest BCUT2D eigenvalue weighted by atomic mass is 16.2. The normalized spacial score (nSPS) is 17.3. The predicted molar refractivity (Wildman–Crippen MR) is 88.9 cm³/mol. The summed E-state index contributed by atoms with van der Waals surface area (Å²) in [6.45, 7) is 6.06. The van der Waals surface area contributed by atoms with Crippen LogP contribution in [-0.2, 0) is 4.79 Å². The average Bonchev–Trinajstić information content (AvgIpc) is 3.03. The molecule has 1 N–H and O–H groups in total. The van der Waals surface area contributed by atoms with Crippen LogP contribution in [0.3, 0.4) is 0 Å². The number of likely N-dealkylation sites (tertiary alicyclic amines) is 1. The van der Waals surface area contributed by atoms with Crippen LogP contribution in [0.4, 0.5) is 5.82 Å². The smallest absolute Gasteiger partial charge is 0.219 e. The summed E-state index contributed by atoms with van der Waals surface area (Å²) in [5.41, 5.74) is 1.67. The molecular weight excluding hydrogens is 290 g/mol. The van der Waals surface area contributed by atoms with Crippen molar-refractivity contribution in [2.24, 2.45) is 5.92 Å². The molecule has 0 spiro atoms. The van der Waals surface area contributed by atoms with Crippen LogP contribution in [0, 0.1) is 12.8 Å². The lowest BCUT2D eigenvalue weighted by Crippen LogP contribution is -2.27.